The van der Waals surface area contributed by atoms with Crippen LogP contribution >= 0.6 is 11.6 Å². The molecule has 2 aromatic rings. The molecule has 0 aliphatic carbocycles. The molecule has 0 unspecified atom stereocenters. The van der Waals surface area contributed by atoms with Crippen LogP contribution in [0.3, 0.4) is 0 Å². The summed E-state index contributed by atoms with van der Waals surface area (Å²) in [6.07, 6.45) is 1.50. The third-order valence-corrected chi connectivity index (χ3v) is 2.99. The van der Waals surface area contributed by atoms with Crippen molar-refractivity contribution in [3.63, 3.8) is 0 Å². The highest BCUT2D eigenvalue weighted by molar-refractivity contribution is 6.29. The van der Waals surface area contributed by atoms with Gasteiger partial charge in [-0.05, 0) is 11.1 Å². The zero-order valence-corrected chi connectivity index (χ0v) is 9.35. The molecule has 0 N–H and O–H groups in total. The lowest BCUT2D eigenvalue weighted by Gasteiger charge is -2.15. The fraction of sp³-hybridized carbons (Fsp3) is 0.167. The topological polar surface area (TPSA) is 29.0 Å². The number of benzene rings is 1. The van der Waals surface area contributed by atoms with Crippen LogP contribution in [0.1, 0.15) is 11.1 Å². The molecule has 3 rings (SSSR count). The van der Waals surface area contributed by atoms with Crippen molar-refractivity contribution in [3.05, 3.63) is 52.9 Å². The Morgan fingerprint density at radius 2 is 1.75 bits per heavy atom. The van der Waals surface area contributed by atoms with E-state index < -0.39 is 0 Å². The highest BCUT2D eigenvalue weighted by Gasteiger charge is 2.19. The molecule has 1 aromatic carbocycles. The molecule has 80 valence electrons. The van der Waals surface area contributed by atoms with Crippen molar-refractivity contribution in [3.8, 4) is 0 Å². The van der Waals surface area contributed by atoms with E-state index in [0.717, 1.165) is 18.9 Å². The van der Waals surface area contributed by atoms with E-state index in [4.69, 9.17) is 11.6 Å². The number of hydrogen-bond acceptors (Lipinski definition) is 3. The molecule has 0 bridgehead atoms. The smallest absolute Gasteiger partial charge is 0.134 e. The van der Waals surface area contributed by atoms with Crippen molar-refractivity contribution in [2.45, 2.75) is 13.1 Å². The van der Waals surface area contributed by atoms with Gasteiger partial charge in [-0.25, -0.2) is 9.97 Å². The third kappa shape index (κ3) is 1.63. The molecule has 0 amide bonds. The first-order chi connectivity index (χ1) is 7.83. The van der Waals surface area contributed by atoms with E-state index in [1.54, 1.807) is 6.07 Å². The second-order valence-electron chi connectivity index (χ2n) is 3.82. The van der Waals surface area contributed by atoms with Crippen molar-refractivity contribution in [2.24, 2.45) is 0 Å². The number of anilines is 1. The van der Waals surface area contributed by atoms with Gasteiger partial charge in [0.1, 0.15) is 17.3 Å². The SMILES string of the molecule is Clc1cc(N2Cc3ccccc3C2)ncn1. The molecule has 0 saturated carbocycles. The second-order valence-corrected chi connectivity index (χ2v) is 4.21. The summed E-state index contributed by atoms with van der Waals surface area (Å²) in [6.45, 7) is 1.78. The van der Waals surface area contributed by atoms with Gasteiger partial charge in [-0.2, -0.15) is 0 Å². The Kier molecular flexibility index (Phi) is 2.26. The van der Waals surface area contributed by atoms with Crippen molar-refractivity contribution in [1.82, 2.24) is 9.97 Å². The van der Waals surface area contributed by atoms with Crippen molar-refractivity contribution in [2.75, 3.05) is 4.90 Å². The minimum atomic E-state index is 0.487. The average Bonchev–Trinajstić information content (AvgIpc) is 2.72. The van der Waals surface area contributed by atoms with Crippen LogP contribution in [0.4, 0.5) is 5.82 Å². The zero-order chi connectivity index (χ0) is 11.0. The lowest BCUT2D eigenvalue weighted by Crippen LogP contribution is -2.15. The summed E-state index contributed by atoms with van der Waals surface area (Å²) in [5.41, 5.74) is 2.72. The van der Waals surface area contributed by atoms with Gasteiger partial charge in [-0.3, -0.25) is 0 Å². The summed E-state index contributed by atoms with van der Waals surface area (Å²) in [4.78, 5) is 10.3. The Labute approximate surface area is 98.7 Å². The van der Waals surface area contributed by atoms with Crippen LogP contribution in [0, 0.1) is 0 Å². The first-order valence-corrected chi connectivity index (χ1v) is 5.50. The maximum Gasteiger partial charge on any atom is 0.134 e. The second kappa shape index (κ2) is 3.76. The van der Waals surface area contributed by atoms with Gasteiger partial charge in [0.25, 0.3) is 0 Å². The van der Waals surface area contributed by atoms with Gasteiger partial charge in [0.15, 0.2) is 0 Å². The van der Waals surface area contributed by atoms with Gasteiger partial charge >= 0.3 is 0 Å². The van der Waals surface area contributed by atoms with E-state index in [9.17, 15) is 0 Å². The van der Waals surface area contributed by atoms with Crippen molar-refractivity contribution in [1.29, 1.82) is 0 Å². The summed E-state index contributed by atoms with van der Waals surface area (Å²) in [5.74, 6) is 0.885. The molecule has 1 aliphatic rings. The Morgan fingerprint density at radius 1 is 1.06 bits per heavy atom. The van der Waals surface area contributed by atoms with Crippen LogP contribution in [-0.4, -0.2) is 9.97 Å². The van der Waals surface area contributed by atoms with E-state index in [1.165, 1.54) is 17.5 Å². The predicted octanol–water partition coefficient (Wildman–Crippen LogP) is 2.65. The fourth-order valence-electron chi connectivity index (χ4n) is 1.99. The van der Waals surface area contributed by atoms with Gasteiger partial charge in [0, 0.05) is 19.2 Å². The summed E-state index contributed by atoms with van der Waals surface area (Å²) in [7, 11) is 0. The van der Waals surface area contributed by atoms with Gasteiger partial charge in [0.2, 0.25) is 0 Å². The number of aromatic nitrogens is 2. The third-order valence-electron chi connectivity index (χ3n) is 2.78. The molecule has 4 heteroatoms. The Bertz CT molecular complexity index is 502. The van der Waals surface area contributed by atoms with Gasteiger partial charge in [-0.15, -0.1) is 0 Å². The van der Waals surface area contributed by atoms with Crippen LogP contribution < -0.4 is 4.90 Å². The molecular formula is C12H10ClN3. The number of halogens is 1. The van der Waals surface area contributed by atoms with Crippen LogP contribution in [-0.2, 0) is 13.1 Å². The highest BCUT2D eigenvalue weighted by atomic mass is 35.5. The van der Waals surface area contributed by atoms with Crippen LogP contribution in [0.5, 0.6) is 0 Å². The van der Waals surface area contributed by atoms with E-state index in [-0.39, 0.29) is 0 Å². The summed E-state index contributed by atoms with van der Waals surface area (Å²) in [5, 5.41) is 0.487. The predicted molar refractivity (Wildman–Crippen MR) is 63.4 cm³/mol. The van der Waals surface area contributed by atoms with E-state index >= 15 is 0 Å². The molecule has 0 spiro atoms. The largest absolute Gasteiger partial charge is 0.348 e. The van der Waals surface area contributed by atoms with Gasteiger partial charge in [-0.1, -0.05) is 35.9 Å². The number of hydrogen-bond donors (Lipinski definition) is 0. The Balaban J connectivity index is 1.91. The van der Waals surface area contributed by atoms with Crippen LogP contribution in [0.25, 0.3) is 0 Å². The quantitative estimate of drug-likeness (QED) is 0.707. The van der Waals surface area contributed by atoms with Crippen molar-refractivity contribution >= 4 is 17.4 Å². The number of rotatable bonds is 1. The molecule has 1 aliphatic heterocycles. The van der Waals surface area contributed by atoms with Crippen LogP contribution in [0.2, 0.25) is 5.15 Å². The molecule has 3 nitrogen and oxygen atoms in total. The summed E-state index contributed by atoms with van der Waals surface area (Å²) in [6, 6.07) is 10.2. The molecule has 0 atom stereocenters. The van der Waals surface area contributed by atoms with E-state index in [1.807, 2.05) is 0 Å². The molecule has 1 aromatic heterocycles. The molecule has 0 saturated heterocycles. The standard InChI is InChI=1S/C12H10ClN3/c13-11-5-12(15-8-14-11)16-6-9-3-1-2-4-10(9)7-16/h1-5,8H,6-7H2. The lowest BCUT2D eigenvalue weighted by molar-refractivity contribution is 0.851. The lowest BCUT2D eigenvalue weighted by atomic mass is 10.1. The number of fused-ring (bicyclic) bond motifs is 1. The van der Waals surface area contributed by atoms with E-state index in [2.05, 4.69) is 39.1 Å². The Morgan fingerprint density at radius 3 is 2.38 bits per heavy atom. The molecule has 16 heavy (non-hydrogen) atoms. The molecule has 0 radical (unpaired) electrons. The summed E-state index contributed by atoms with van der Waals surface area (Å²) >= 11 is 5.86. The Hall–Kier alpha value is -1.61. The minimum absolute atomic E-state index is 0.487. The monoisotopic (exact) mass is 231 g/mol. The molecule has 2 heterocycles. The molecule has 0 fully saturated rings. The maximum atomic E-state index is 5.86. The van der Waals surface area contributed by atoms with Gasteiger partial charge in [0.05, 0.1) is 0 Å². The highest BCUT2D eigenvalue weighted by Crippen LogP contribution is 2.27. The zero-order valence-electron chi connectivity index (χ0n) is 8.60. The maximum absolute atomic E-state index is 5.86. The van der Waals surface area contributed by atoms with Crippen molar-refractivity contribution < 1.29 is 0 Å². The average molecular weight is 232 g/mol. The molecular weight excluding hydrogens is 222 g/mol. The first-order valence-electron chi connectivity index (χ1n) is 5.12. The minimum Gasteiger partial charge on any atom is -0.348 e. The normalized spacial score (nSPS) is 13.9. The fourth-order valence-corrected chi connectivity index (χ4v) is 2.13. The first kappa shape index (κ1) is 9.60. The number of nitrogens with zero attached hydrogens (tertiary/aromatic N) is 3. The van der Waals surface area contributed by atoms with Gasteiger partial charge < -0.3 is 4.90 Å². The summed E-state index contributed by atoms with van der Waals surface area (Å²) < 4.78 is 0. The van der Waals surface area contributed by atoms with Crippen LogP contribution in [0.15, 0.2) is 36.7 Å². The van der Waals surface area contributed by atoms with E-state index in [0.29, 0.717) is 5.15 Å².